The Labute approximate surface area is 257 Å². The molecule has 0 saturated carbocycles. The fourth-order valence-corrected chi connectivity index (χ4v) is 5.29. The van der Waals surface area contributed by atoms with E-state index in [1.54, 1.807) is 48.0 Å². The van der Waals surface area contributed by atoms with Gasteiger partial charge in [-0.15, -0.1) is 12.4 Å². The molecule has 0 fully saturated rings. The van der Waals surface area contributed by atoms with Gasteiger partial charge < -0.3 is 20.4 Å². The third-order valence-electron chi connectivity index (χ3n) is 7.80. The van der Waals surface area contributed by atoms with Gasteiger partial charge in [-0.05, 0) is 67.9 Å². The van der Waals surface area contributed by atoms with Gasteiger partial charge >= 0.3 is 0 Å². The van der Waals surface area contributed by atoms with Gasteiger partial charge in [0, 0.05) is 17.7 Å². The first-order chi connectivity index (χ1) is 20.3. The van der Waals surface area contributed by atoms with E-state index in [1.807, 2.05) is 42.5 Å². The smallest absolute Gasteiger partial charge is 0.258 e. The number of hydrogen-bond donors (Lipinski definition) is 2. The Morgan fingerprint density at radius 1 is 0.860 bits per heavy atom. The van der Waals surface area contributed by atoms with Gasteiger partial charge in [0.15, 0.2) is 5.78 Å². The second-order valence-electron chi connectivity index (χ2n) is 10.5. The van der Waals surface area contributed by atoms with Crippen molar-refractivity contribution >= 4 is 58.1 Å². The van der Waals surface area contributed by atoms with Crippen molar-refractivity contribution in [2.75, 3.05) is 29.9 Å². The Kier molecular flexibility index (Phi) is 9.95. The zero-order chi connectivity index (χ0) is 29.8. The van der Waals surface area contributed by atoms with Crippen LogP contribution in [0.4, 0.5) is 11.4 Å². The van der Waals surface area contributed by atoms with E-state index in [9.17, 15) is 19.2 Å². The van der Waals surface area contributed by atoms with E-state index in [2.05, 4.69) is 34.9 Å². The van der Waals surface area contributed by atoms with Crippen molar-refractivity contribution in [2.45, 2.75) is 32.4 Å². The summed E-state index contributed by atoms with van der Waals surface area (Å²) in [6, 6.07) is 26.5. The van der Waals surface area contributed by atoms with E-state index in [1.165, 1.54) is 6.92 Å². The molecule has 0 saturated heterocycles. The highest BCUT2D eigenvalue weighted by molar-refractivity contribution is 6.13. The molecule has 1 unspecified atom stereocenters. The number of fused-ring (bicyclic) bond motifs is 2. The number of carbonyl (C=O) groups is 4. The summed E-state index contributed by atoms with van der Waals surface area (Å²) in [7, 11) is 1.67. The Hall–Kier alpha value is -4.53. The number of hydrogen-bond acceptors (Lipinski definition) is 5. The molecule has 8 nitrogen and oxygen atoms in total. The van der Waals surface area contributed by atoms with Gasteiger partial charge in [0.05, 0.1) is 24.0 Å². The van der Waals surface area contributed by atoms with Crippen LogP contribution in [-0.2, 0) is 16.0 Å². The Bertz CT molecular complexity index is 1650. The molecule has 0 radical (unpaired) electrons. The highest BCUT2D eigenvalue weighted by Crippen LogP contribution is 2.34. The predicted molar refractivity (Wildman–Crippen MR) is 172 cm³/mol. The zero-order valence-corrected chi connectivity index (χ0v) is 25.2. The van der Waals surface area contributed by atoms with Crippen LogP contribution in [0.2, 0.25) is 0 Å². The molecule has 3 amide bonds. The third kappa shape index (κ3) is 6.61. The van der Waals surface area contributed by atoms with Crippen LogP contribution in [0.1, 0.15) is 40.1 Å². The van der Waals surface area contributed by atoms with E-state index >= 15 is 0 Å². The van der Waals surface area contributed by atoms with Crippen molar-refractivity contribution in [3.63, 3.8) is 0 Å². The van der Waals surface area contributed by atoms with Crippen molar-refractivity contribution < 1.29 is 19.2 Å². The minimum absolute atomic E-state index is 0. The SMILES string of the molecule is CNC(C)C(=O)N[C@H]1CN(C(=O)c2ccc(C(C)=O)cc2)c2ccccc2N(CCc2cccc3ccccc23)C1=O.Cl. The molecule has 222 valence electrons. The molecule has 1 aliphatic heterocycles. The van der Waals surface area contributed by atoms with Gasteiger partial charge in [-0.1, -0.05) is 66.7 Å². The average molecular weight is 599 g/mol. The molecule has 1 heterocycles. The van der Waals surface area contributed by atoms with Gasteiger partial charge in [-0.3, -0.25) is 19.2 Å². The molecular formula is C34H35ClN4O4. The summed E-state index contributed by atoms with van der Waals surface area (Å²) in [6.07, 6.45) is 0.579. The van der Waals surface area contributed by atoms with Crippen LogP contribution < -0.4 is 20.4 Å². The van der Waals surface area contributed by atoms with Crippen LogP contribution in [0, 0.1) is 0 Å². The van der Waals surface area contributed by atoms with Crippen LogP contribution in [-0.4, -0.2) is 55.7 Å². The van der Waals surface area contributed by atoms with Crippen molar-refractivity contribution in [3.8, 4) is 0 Å². The summed E-state index contributed by atoms with van der Waals surface area (Å²) in [6.45, 7) is 3.49. The first-order valence-electron chi connectivity index (χ1n) is 14.1. The summed E-state index contributed by atoms with van der Waals surface area (Å²) >= 11 is 0. The number of rotatable bonds is 8. The van der Waals surface area contributed by atoms with Crippen LogP contribution in [0.15, 0.2) is 91.0 Å². The number of nitrogens with zero attached hydrogens (tertiary/aromatic N) is 2. The molecule has 0 bridgehead atoms. The quantitative estimate of drug-likeness (QED) is 0.284. The summed E-state index contributed by atoms with van der Waals surface area (Å²) < 4.78 is 0. The summed E-state index contributed by atoms with van der Waals surface area (Å²) in [5.41, 5.74) is 3.15. The number of nitrogens with one attached hydrogen (secondary N) is 2. The molecule has 9 heteroatoms. The first kappa shape index (κ1) is 31.4. The molecule has 2 N–H and O–H groups in total. The molecule has 5 rings (SSSR count). The van der Waals surface area contributed by atoms with Crippen molar-refractivity contribution in [1.29, 1.82) is 0 Å². The topological polar surface area (TPSA) is 98.8 Å². The molecule has 0 aromatic heterocycles. The summed E-state index contributed by atoms with van der Waals surface area (Å²) in [4.78, 5) is 56.1. The lowest BCUT2D eigenvalue weighted by molar-refractivity contribution is -0.128. The number of benzene rings is 4. The van der Waals surface area contributed by atoms with E-state index in [0.717, 1.165) is 16.3 Å². The fourth-order valence-electron chi connectivity index (χ4n) is 5.29. The van der Waals surface area contributed by atoms with Crippen molar-refractivity contribution in [2.24, 2.45) is 0 Å². The maximum absolute atomic E-state index is 14.2. The minimum atomic E-state index is -0.978. The van der Waals surface area contributed by atoms with Gasteiger partial charge in [0.25, 0.3) is 11.8 Å². The highest BCUT2D eigenvalue weighted by atomic mass is 35.5. The Morgan fingerprint density at radius 2 is 1.49 bits per heavy atom. The van der Waals surface area contributed by atoms with Crippen molar-refractivity contribution in [1.82, 2.24) is 10.6 Å². The molecule has 0 spiro atoms. The van der Waals surface area contributed by atoms with Crippen LogP contribution in [0.25, 0.3) is 10.8 Å². The fraction of sp³-hybridized carbons (Fsp3) is 0.235. The van der Waals surface area contributed by atoms with E-state index in [4.69, 9.17) is 0 Å². The van der Waals surface area contributed by atoms with E-state index in [-0.39, 0.29) is 42.5 Å². The van der Waals surface area contributed by atoms with Gasteiger partial charge in [0.2, 0.25) is 5.91 Å². The highest BCUT2D eigenvalue weighted by Gasteiger charge is 2.37. The Morgan fingerprint density at radius 3 is 2.19 bits per heavy atom. The predicted octanol–water partition coefficient (Wildman–Crippen LogP) is 4.79. The lowest BCUT2D eigenvalue weighted by Crippen LogP contribution is -2.56. The number of para-hydroxylation sites is 2. The third-order valence-corrected chi connectivity index (χ3v) is 7.80. The lowest BCUT2D eigenvalue weighted by Gasteiger charge is -2.26. The van der Waals surface area contributed by atoms with Crippen LogP contribution >= 0.6 is 12.4 Å². The summed E-state index contributed by atoms with van der Waals surface area (Å²) in [5.74, 6) is -1.05. The van der Waals surface area contributed by atoms with Gasteiger partial charge in [-0.2, -0.15) is 0 Å². The second-order valence-corrected chi connectivity index (χ2v) is 10.5. The number of carbonyl (C=O) groups excluding carboxylic acids is 4. The number of likely N-dealkylation sites (N-methyl/N-ethyl adjacent to an activating group) is 1. The number of ketones is 1. The number of amides is 3. The Balaban J connectivity index is 0.00000423. The van der Waals surface area contributed by atoms with Crippen LogP contribution in [0.3, 0.4) is 0 Å². The van der Waals surface area contributed by atoms with Gasteiger partial charge in [0.1, 0.15) is 6.04 Å². The largest absolute Gasteiger partial charge is 0.341 e. The zero-order valence-electron chi connectivity index (χ0n) is 24.4. The minimum Gasteiger partial charge on any atom is -0.341 e. The number of Topliss-reactive ketones (excluding diaryl/α,β-unsaturated/α-hetero) is 1. The maximum atomic E-state index is 14.2. The molecule has 1 aliphatic rings. The summed E-state index contributed by atoms with van der Waals surface area (Å²) in [5, 5.41) is 8.03. The standard InChI is InChI=1S/C34H34N4O4.ClH/c1-22(35-3)32(40)36-29-21-38(33(41)27-17-15-24(16-18-27)23(2)39)31-14-7-6-13-30(31)37(34(29)42)20-19-26-11-8-10-25-9-4-5-12-28(25)26;/h4-18,22,29,35H,19-21H2,1-3H3,(H,36,40);1H/t22?,29-;/m0./s1. The molecular weight excluding hydrogens is 564 g/mol. The molecule has 4 aromatic carbocycles. The number of anilines is 2. The van der Waals surface area contributed by atoms with E-state index in [0.29, 0.717) is 35.5 Å². The van der Waals surface area contributed by atoms with E-state index < -0.39 is 12.1 Å². The molecule has 43 heavy (non-hydrogen) atoms. The number of halogens is 1. The maximum Gasteiger partial charge on any atom is 0.258 e. The first-order valence-corrected chi connectivity index (χ1v) is 14.1. The average Bonchev–Trinajstić information content (AvgIpc) is 3.13. The molecule has 2 atom stereocenters. The van der Waals surface area contributed by atoms with Gasteiger partial charge in [-0.25, -0.2) is 0 Å². The monoisotopic (exact) mass is 598 g/mol. The molecule has 4 aromatic rings. The van der Waals surface area contributed by atoms with Crippen LogP contribution in [0.5, 0.6) is 0 Å². The second kappa shape index (κ2) is 13.6. The van der Waals surface area contributed by atoms with Crippen molar-refractivity contribution in [3.05, 3.63) is 108 Å². The molecule has 0 aliphatic carbocycles. The normalized spacial score (nSPS) is 15.2. The lowest BCUT2D eigenvalue weighted by atomic mass is 10.0.